The molecule has 44 heavy (non-hydrogen) atoms. The first-order valence-electron chi connectivity index (χ1n) is 15.4. The van der Waals surface area contributed by atoms with Crippen LogP contribution in [0.4, 0.5) is 0 Å². The van der Waals surface area contributed by atoms with Crippen molar-refractivity contribution < 1.29 is 20.1 Å². The second-order valence-electron chi connectivity index (χ2n) is 12.4. The highest BCUT2D eigenvalue weighted by molar-refractivity contribution is 5.73. The number of hydrogen-bond donors (Lipinski definition) is 3. The Morgan fingerprint density at radius 3 is 2.16 bits per heavy atom. The molecule has 1 saturated heterocycles. The van der Waals surface area contributed by atoms with Crippen molar-refractivity contribution in [1.82, 2.24) is 24.6 Å². The summed E-state index contributed by atoms with van der Waals surface area (Å²) in [5, 5.41) is 39.4. The first kappa shape index (κ1) is 31.1. The number of aromatic hydroxyl groups is 3. The molecule has 3 aromatic carbocycles. The number of benzene rings is 3. The Balaban J connectivity index is 1.19. The smallest absolute Gasteiger partial charge is 0.319 e. The topological polar surface area (TPSA) is 115 Å². The van der Waals surface area contributed by atoms with Crippen molar-refractivity contribution in [1.29, 1.82) is 0 Å². The molecule has 1 aliphatic heterocycles. The van der Waals surface area contributed by atoms with Crippen LogP contribution in [-0.4, -0.2) is 65.9 Å². The fourth-order valence-electron chi connectivity index (χ4n) is 6.04. The van der Waals surface area contributed by atoms with Gasteiger partial charge in [0.15, 0.2) is 5.82 Å². The summed E-state index contributed by atoms with van der Waals surface area (Å²) >= 11 is 0. The number of carbonyl (C=O) groups is 1. The van der Waals surface area contributed by atoms with E-state index in [0.717, 1.165) is 44.5 Å². The van der Waals surface area contributed by atoms with E-state index >= 15 is 0 Å². The van der Waals surface area contributed by atoms with Gasteiger partial charge in [-0.1, -0.05) is 55.3 Å². The van der Waals surface area contributed by atoms with Gasteiger partial charge in [-0.2, -0.15) is 0 Å². The lowest BCUT2D eigenvalue weighted by molar-refractivity contribution is -0.129. The lowest BCUT2D eigenvalue weighted by Crippen LogP contribution is -2.33. The molecule has 0 spiro atoms. The van der Waals surface area contributed by atoms with Gasteiger partial charge in [-0.25, -0.2) is 4.57 Å². The van der Waals surface area contributed by atoms with E-state index in [0.29, 0.717) is 28.6 Å². The van der Waals surface area contributed by atoms with Crippen LogP contribution in [0.5, 0.6) is 17.5 Å². The maximum atomic E-state index is 11.7. The molecule has 4 aromatic rings. The van der Waals surface area contributed by atoms with E-state index in [-0.39, 0.29) is 35.4 Å². The summed E-state index contributed by atoms with van der Waals surface area (Å²) in [7, 11) is 1.84. The molecule has 0 radical (unpaired) electrons. The van der Waals surface area contributed by atoms with Gasteiger partial charge < -0.3 is 20.2 Å². The largest absolute Gasteiger partial charge is 0.508 e. The minimum absolute atomic E-state index is 0.0192. The van der Waals surface area contributed by atoms with Crippen LogP contribution >= 0.6 is 0 Å². The fraction of sp³-hybridized carbons (Fsp3) is 0.400. The monoisotopic (exact) mass is 597 g/mol. The summed E-state index contributed by atoms with van der Waals surface area (Å²) in [6.45, 7) is 10.6. The Labute approximate surface area is 259 Å². The predicted octanol–water partition coefficient (Wildman–Crippen LogP) is 6.17. The molecule has 9 nitrogen and oxygen atoms in total. The molecule has 1 aliphatic rings. The van der Waals surface area contributed by atoms with Crippen molar-refractivity contribution in [3.63, 3.8) is 0 Å². The molecular weight excluding hydrogens is 554 g/mol. The first-order valence-corrected chi connectivity index (χ1v) is 15.4. The van der Waals surface area contributed by atoms with Crippen molar-refractivity contribution in [3.05, 3.63) is 82.9 Å². The maximum absolute atomic E-state index is 11.7. The summed E-state index contributed by atoms with van der Waals surface area (Å²) < 4.78 is 1.51. The molecule has 1 unspecified atom stereocenters. The van der Waals surface area contributed by atoms with Crippen molar-refractivity contribution in [2.45, 2.75) is 65.5 Å². The molecule has 1 fully saturated rings. The van der Waals surface area contributed by atoms with Crippen molar-refractivity contribution >= 4 is 5.91 Å². The third kappa shape index (κ3) is 6.73. The molecule has 0 aliphatic carbocycles. The Hall–Kier alpha value is -4.37. The highest BCUT2D eigenvalue weighted by Crippen LogP contribution is 2.39. The summed E-state index contributed by atoms with van der Waals surface area (Å²) in [5.41, 5.74) is 5.42. The number of phenols is 2. The Morgan fingerprint density at radius 2 is 1.55 bits per heavy atom. The second-order valence-corrected chi connectivity index (χ2v) is 12.4. The molecule has 9 heteroatoms. The zero-order valence-electron chi connectivity index (χ0n) is 26.2. The average Bonchev–Trinajstić information content (AvgIpc) is 3.38. The minimum Gasteiger partial charge on any atom is -0.508 e. The van der Waals surface area contributed by atoms with E-state index in [1.807, 2.05) is 33.0 Å². The van der Waals surface area contributed by atoms with E-state index in [2.05, 4.69) is 58.4 Å². The molecule has 1 atom stereocenters. The highest BCUT2D eigenvalue weighted by Gasteiger charge is 2.23. The number of phenolic OH excluding ortho intramolecular Hbond substituents is 2. The van der Waals surface area contributed by atoms with Crippen molar-refractivity contribution in [2.75, 3.05) is 20.1 Å². The minimum atomic E-state index is -0.272. The number of aromatic nitrogens is 3. The molecule has 232 valence electrons. The molecule has 5 rings (SSSR count). The van der Waals surface area contributed by atoms with Gasteiger partial charge in [0.25, 0.3) is 0 Å². The molecular formula is C35H43N5O4. The zero-order valence-corrected chi connectivity index (χ0v) is 26.2. The van der Waals surface area contributed by atoms with Gasteiger partial charge in [-0.3, -0.25) is 9.69 Å². The number of carbonyl (C=O) groups excluding carboxylic acids is 1. The van der Waals surface area contributed by atoms with Crippen LogP contribution in [0, 0.1) is 5.92 Å². The maximum Gasteiger partial charge on any atom is 0.319 e. The van der Waals surface area contributed by atoms with Crippen LogP contribution < -0.4 is 0 Å². The molecule has 0 saturated carbocycles. The predicted molar refractivity (Wildman–Crippen MR) is 171 cm³/mol. The number of rotatable bonds is 9. The lowest BCUT2D eigenvalue weighted by atomic mass is 9.90. The standard InChI is InChI=1S/C35H43N5O4/c1-22(2)30-19-31(33(43)20-32(30)42)34-36-37-35(44)40(34)29-12-8-25(9-13-29)18-26-14-16-39(17-15-26)21-27-6-10-28(11-7-27)23(3)38(5)24(4)41/h6-13,19-20,22-23,26,42-43H,14-18,21H2,1-5H3,(H,37,44). The SMILES string of the molecule is CC(=O)N(C)C(C)c1ccc(CN2CCC(Cc3ccc(-n4c(O)nnc4-c4cc(C(C)C)c(O)cc4O)cc3)CC2)cc1. The Kier molecular flexibility index (Phi) is 9.25. The van der Waals surface area contributed by atoms with E-state index in [4.69, 9.17) is 0 Å². The third-order valence-electron chi connectivity index (χ3n) is 9.03. The quantitative estimate of drug-likeness (QED) is 0.211. The number of amides is 1. The molecule has 1 aromatic heterocycles. The van der Waals surface area contributed by atoms with Gasteiger partial charge >= 0.3 is 6.01 Å². The van der Waals surface area contributed by atoms with Crippen molar-refractivity contribution in [2.24, 2.45) is 5.92 Å². The molecule has 3 N–H and O–H groups in total. The Bertz CT molecular complexity index is 1590. The number of hydrogen-bond acceptors (Lipinski definition) is 7. The summed E-state index contributed by atoms with van der Waals surface area (Å²) in [4.78, 5) is 16.0. The van der Waals surface area contributed by atoms with Gasteiger partial charge in [0.2, 0.25) is 5.91 Å². The van der Waals surface area contributed by atoms with E-state index in [1.165, 1.54) is 21.8 Å². The van der Waals surface area contributed by atoms with Gasteiger partial charge in [0.1, 0.15) is 11.5 Å². The summed E-state index contributed by atoms with van der Waals surface area (Å²) in [6, 6.07) is 19.4. The van der Waals surface area contributed by atoms with Gasteiger partial charge in [-0.15, -0.1) is 5.10 Å². The first-order chi connectivity index (χ1) is 21.0. The molecule has 2 heterocycles. The normalized spacial score (nSPS) is 15.0. The lowest BCUT2D eigenvalue weighted by Gasteiger charge is -2.32. The van der Waals surface area contributed by atoms with Gasteiger partial charge in [0.05, 0.1) is 17.3 Å². The van der Waals surface area contributed by atoms with Crippen LogP contribution in [0.2, 0.25) is 0 Å². The van der Waals surface area contributed by atoms with Crippen LogP contribution in [0.15, 0.2) is 60.7 Å². The summed E-state index contributed by atoms with van der Waals surface area (Å²) in [5.74, 6) is 0.890. The Morgan fingerprint density at radius 1 is 0.909 bits per heavy atom. The second kappa shape index (κ2) is 13.1. The number of piperidine rings is 1. The van der Waals surface area contributed by atoms with E-state index in [9.17, 15) is 20.1 Å². The number of likely N-dealkylation sites (tertiary alicyclic amines) is 1. The fourth-order valence-corrected chi connectivity index (χ4v) is 6.04. The highest BCUT2D eigenvalue weighted by atomic mass is 16.3. The van der Waals surface area contributed by atoms with Crippen molar-refractivity contribution in [3.8, 4) is 34.6 Å². The third-order valence-corrected chi connectivity index (χ3v) is 9.03. The van der Waals surface area contributed by atoms with Crippen LogP contribution in [0.1, 0.15) is 74.8 Å². The van der Waals surface area contributed by atoms with Gasteiger partial charge in [-0.05, 0) is 91.6 Å². The zero-order chi connectivity index (χ0) is 31.5. The van der Waals surface area contributed by atoms with E-state index in [1.54, 1.807) is 17.9 Å². The van der Waals surface area contributed by atoms with Crippen LogP contribution in [0.25, 0.3) is 17.1 Å². The average molecular weight is 598 g/mol. The number of nitrogens with zero attached hydrogens (tertiary/aromatic N) is 5. The van der Waals surface area contributed by atoms with Crippen LogP contribution in [0.3, 0.4) is 0 Å². The van der Waals surface area contributed by atoms with Crippen LogP contribution in [-0.2, 0) is 17.8 Å². The van der Waals surface area contributed by atoms with E-state index < -0.39 is 0 Å². The molecule has 1 amide bonds. The van der Waals surface area contributed by atoms with Gasteiger partial charge in [0, 0.05) is 26.6 Å². The summed E-state index contributed by atoms with van der Waals surface area (Å²) in [6.07, 6.45) is 3.26. The molecule has 0 bridgehead atoms.